The smallest absolute Gasteiger partial charge is 0.251 e. The van der Waals surface area contributed by atoms with Crippen LogP contribution in [0.15, 0.2) is 30.5 Å². The molecular formula is C13H13ClN2OS. The summed E-state index contributed by atoms with van der Waals surface area (Å²) in [6, 6.07) is 7.32. The number of carbonyl (C=O) groups is 1. The van der Waals surface area contributed by atoms with E-state index in [4.69, 9.17) is 11.6 Å². The summed E-state index contributed by atoms with van der Waals surface area (Å²) in [5.74, 6) is 0.322. The van der Waals surface area contributed by atoms with Gasteiger partial charge < -0.3 is 5.32 Å². The van der Waals surface area contributed by atoms with Gasteiger partial charge >= 0.3 is 0 Å². The van der Waals surface area contributed by atoms with Crippen LogP contribution in [0, 0.1) is 6.92 Å². The van der Waals surface area contributed by atoms with Crippen molar-refractivity contribution in [3.63, 3.8) is 0 Å². The number of carbonyl (C=O) groups excluding carboxylic acids is 1. The van der Waals surface area contributed by atoms with E-state index in [0.717, 1.165) is 15.4 Å². The maximum atomic E-state index is 11.9. The third kappa shape index (κ3) is 3.31. The number of aromatic nitrogens is 1. The Balaban J connectivity index is 1.99. The number of alkyl halides is 1. The molecule has 1 aromatic carbocycles. The van der Waals surface area contributed by atoms with E-state index >= 15 is 0 Å². The molecule has 0 saturated heterocycles. The molecule has 18 heavy (non-hydrogen) atoms. The quantitative estimate of drug-likeness (QED) is 0.875. The largest absolute Gasteiger partial charge is 0.347 e. The minimum absolute atomic E-state index is 0.0898. The number of aryl methyl sites for hydroxylation is 1. The van der Waals surface area contributed by atoms with Gasteiger partial charge in [-0.25, -0.2) is 4.98 Å². The molecule has 0 radical (unpaired) electrons. The van der Waals surface area contributed by atoms with Gasteiger partial charge in [-0.3, -0.25) is 4.79 Å². The van der Waals surface area contributed by atoms with Gasteiger partial charge in [-0.15, -0.1) is 22.9 Å². The molecule has 0 aliphatic heterocycles. The molecule has 1 N–H and O–H groups in total. The Morgan fingerprint density at radius 1 is 1.50 bits per heavy atom. The Morgan fingerprint density at radius 3 is 3.00 bits per heavy atom. The number of nitrogens with one attached hydrogen (secondary N) is 1. The Morgan fingerprint density at radius 2 is 2.33 bits per heavy atom. The van der Waals surface area contributed by atoms with Crippen molar-refractivity contribution >= 4 is 28.8 Å². The summed E-state index contributed by atoms with van der Waals surface area (Å²) in [6.45, 7) is 2.45. The standard InChI is InChI=1S/C13H13ClN2OS/c1-9-15-7-12(18-9)8-16-13(17)11-4-2-3-10(5-11)6-14/h2-5,7H,6,8H2,1H3,(H,16,17). The van der Waals surface area contributed by atoms with Gasteiger partial charge in [0.1, 0.15) is 0 Å². The third-order valence-electron chi connectivity index (χ3n) is 2.44. The van der Waals surface area contributed by atoms with E-state index in [1.807, 2.05) is 19.1 Å². The van der Waals surface area contributed by atoms with Gasteiger partial charge in [0.2, 0.25) is 0 Å². The van der Waals surface area contributed by atoms with Crippen LogP contribution in [0.25, 0.3) is 0 Å². The first-order valence-electron chi connectivity index (χ1n) is 5.53. The fourth-order valence-corrected chi connectivity index (χ4v) is 2.45. The monoisotopic (exact) mass is 280 g/mol. The number of nitrogens with zero attached hydrogens (tertiary/aromatic N) is 1. The maximum Gasteiger partial charge on any atom is 0.251 e. The highest BCUT2D eigenvalue weighted by atomic mass is 35.5. The Bertz CT molecular complexity index is 553. The molecule has 0 fully saturated rings. The number of halogens is 1. The van der Waals surface area contributed by atoms with Crippen molar-refractivity contribution in [2.45, 2.75) is 19.3 Å². The molecule has 1 aromatic heterocycles. The van der Waals surface area contributed by atoms with Gasteiger partial charge in [-0.2, -0.15) is 0 Å². The van der Waals surface area contributed by atoms with Crippen molar-refractivity contribution in [2.24, 2.45) is 0 Å². The number of hydrogen-bond acceptors (Lipinski definition) is 3. The summed E-state index contributed by atoms with van der Waals surface area (Å²) >= 11 is 7.33. The minimum atomic E-state index is -0.0898. The third-order valence-corrected chi connectivity index (χ3v) is 3.66. The second kappa shape index (κ2) is 5.98. The van der Waals surface area contributed by atoms with Crippen molar-refractivity contribution in [3.05, 3.63) is 51.5 Å². The first-order valence-corrected chi connectivity index (χ1v) is 6.88. The van der Waals surface area contributed by atoms with E-state index in [0.29, 0.717) is 18.0 Å². The Kier molecular flexibility index (Phi) is 4.33. The van der Waals surface area contributed by atoms with Crippen LogP contribution in [0.4, 0.5) is 0 Å². The zero-order valence-electron chi connectivity index (χ0n) is 9.94. The Hall–Kier alpha value is -1.39. The molecule has 0 aliphatic carbocycles. The summed E-state index contributed by atoms with van der Waals surface area (Å²) < 4.78 is 0. The van der Waals surface area contributed by atoms with Gasteiger partial charge in [0.25, 0.3) is 5.91 Å². The number of amides is 1. The fourth-order valence-electron chi connectivity index (χ4n) is 1.55. The normalized spacial score (nSPS) is 10.3. The van der Waals surface area contributed by atoms with Crippen LogP contribution in [-0.4, -0.2) is 10.9 Å². The van der Waals surface area contributed by atoms with Crippen molar-refractivity contribution < 1.29 is 4.79 Å². The zero-order chi connectivity index (χ0) is 13.0. The molecule has 0 bridgehead atoms. The lowest BCUT2D eigenvalue weighted by atomic mass is 10.1. The number of benzene rings is 1. The van der Waals surface area contributed by atoms with Crippen LogP contribution >= 0.6 is 22.9 Å². The van der Waals surface area contributed by atoms with Crippen LogP contribution in [-0.2, 0) is 12.4 Å². The van der Waals surface area contributed by atoms with Crippen LogP contribution < -0.4 is 5.32 Å². The van der Waals surface area contributed by atoms with Gasteiger partial charge in [-0.1, -0.05) is 12.1 Å². The highest BCUT2D eigenvalue weighted by Gasteiger charge is 2.06. The molecule has 94 valence electrons. The van der Waals surface area contributed by atoms with Crippen molar-refractivity contribution in [1.82, 2.24) is 10.3 Å². The number of thiazole rings is 1. The summed E-state index contributed by atoms with van der Waals surface area (Å²) in [7, 11) is 0. The molecule has 2 rings (SSSR count). The molecule has 5 heteroatoms. The lowest BCUT2D eigenvalue weighted by Gasteiger charge is -2.04. The predicted octanol–water partition coefficient (Wildman–Crippen LogP) is 3.12. The van der Waals surface area contributed by atoms with Crippen LogP contribution in [0.2, 0.25) is 0 Å². The highest BCUT2D eigenvalue weighted by molar-refractivity contribution is 7.11. The fraction of sp³-hybridized carbons (Fsp3) is 0.231. The molecule has 1 heterocycles. The predicted molar refractivity (Wildman–Crippen MR) is 74.0 cm³/mol. The summed E-state index contributed by atoms with van der Waals surface area (Å²) in [6.07, 6.45) is 1.79. The van der Waals surface area contributed by atoms with Crippen LogP contribution in [0.3, 0.4) is 0 Å². The first kappa shape index (κ1) is 13.1. The van der Waals surface area contributed by atoms with Gasteiger partial charge in [0, 0.05) is 22.5 Å². The second-order valence-electron chi connectivity index (χ2n) is 3.86. The first-order chi connectivity index (χ1) is 8.69. The molecule has 3 nitrogen and oxygen atoms in total. The van der Waals surface area contributed by atoms with Gasteiger partial charge in [-0.05, 0) is 24.6 Å². The lowest BCUT2D eigenvalue weighted by molar-refractivity contribution is 0.0951. The van der Waals surface area contributed by atoms with E-state index in [9.17, 15) is 4.79 Å². The summed E-state index contributed by atoms with van der Waals surface area (Å²) in [4.78, 5) is 17.1. The molecule has 2 aromatic rings. The molecule has 0 spiro atoms. The molecular weight excluding hydrogens is 268 g/mol. The maximum absolute atomic E-state index is 11.9. The van der Waals surface area contributed by atoms with Gasteiger partial charge in [0.05, 0.1) is 11.6 Å². The summed E-state index contributed by atoms with van der Waals surface area (Å²) in [5.41, 5.74) is 1.58. The zero-order valence-corrected chi connectivity index (χ0v) is 11.5. The van der Waals surface area contributed by atoms with Crippen LogP contribution in [0.5, 0.6) is 0 Å². The van der Waals surface area contributed by atoms with E-state index < -0.39 is 0 Å². The topological polar surface area (TPSA) is 42.0 Å². The number of rotatable bonds is 4. The molecule has 1 amide bonds. The number of hydrogen-bond donors (Lipinski definition) is 1. The lowest BCUT2D eigenvalue weighted by Crippen LogP contribution is -2.22. The summed E-state index contributed by atoms with van der Waals surface area (Å²) in [5, 5.41) is 3.87. The Labute approximate surface area is 115 Å². The van der Waals surface area contributed by atoms with E-state index in [-0.39, 0.29) is 5.91 Å². The molecule has 0 aliphatic rings. The highest BCUT2D eigenvalue weighted by Crippen LogP contribution is 2.12. The molecule has 0 saturated carbocycles. The van der Waals surface area contributed by atoms with E-state index in [1.165, 1.54) is 0 Å². The van der Waals surface area contributed by atoms with E-state index in [1.54, 1.807) is 29.7 Å². The molecule has 0 unspecified atom stereocenters. The van der Waals surface area contributed by atoms with Gasteiger partial charge in [0.15, 0.2) is 0 Å². The second-order valence-corrected chi connectivity index (χ2v) is 5.45. The minimum Gasteiger partial charge on any atom is -0.347 e. The van der Waals surface area contributed by atoms with Crippen molar-refractivity contribution in [2.75, 3.05) is 0 Å². The van der Waals surface area contributed by atoms with Crippen molar-refractivity contribution in [3.8, 4) is 0 Å². The van der Waals surface area contributed by atoms with E-state index in [2.05, 4.69) is 10.3 Å². The van der Waals surface area contributed by atoms with Crippen molar-refractivity contribution in [1.29, 1.82) is 0 Å². The molecule has 0 atom stereocenters. The average Bonchev–Trinajstić information content (AvgIpc) is 2.82. The van der Waals surface area contributed by atoms with Crippen LogP contribution in [0.1, 0.15) is 25.8 Å². The SMILES string of the molecule is Cc1ncc(CNC(=O)c2cccc(CCl)c2)s1. The average molecular weight is 281 g/mol.